The number of carbonyl (C=O) groups excluding carboxylic acids is 2. The number of fused-ring (bicyclic) bond motifs is 1. The molecule has 2 fully saturated rings. The van der Waals surface area contributed by atoms with E-state index in [0.717, 1.165) is 18.4 Å². The maximum atomic E-state index is 12.7. The fourth-order valence-electron chi connectivity index (χ4n) is 4.08. The van der Waals surface area contributed by atoms with Gasteiger partial charge in [-0.3, -0.25) is 5.01 Å². The first kappa shape index (κ1) is 19.6. The highest BCUT2D eigenvalue weighted by atomic mass is 32.1. The van der Waals surface area contributed by atoms with Crippen LogP contribution in [0.4, 0.5) is 0 Å². The Morgan fingerprint density at radius 2 is 2.11 bits per heavy atom. The van der Waals surface area contributed by atoms with Crippen molar-refractivity contribution in [3.63, 3.8) is 0 Å². The molecule has 1 saturated heterocycles. The number of methoxy groups -OCH3 is 1. The molecule has 0 spiro atoms. The molecule has 1 aliphatic heterocycles. The van der Waals surface area contributed by atoms with Crippen LogP contribution in [0.2, 0.25) is 0 Å². The quantitative estimate of drug-likeness (QED) is 0.578. The predicted molar refractivity (Wildman–Crippen MR) is 103 cm³/mol. The second-order valence-electron chi connectivity index (χ2n) is 6.78. The smallest absolute Gasteiger partial charge is 0.330 e. The fourth-order valence-corrected chi connectivity index (χ4v) is 4.31. The topological polar surface area (TPSA) is 79.9 Å². The average molecular weight is 391 g/mol. The Bertz CT molecular complexity index is 714. The van der Waals surface area contributed by atoms with E-state index in [4.69, 9.17) is 21.7 Å². The first-order chi connectivity index (χ1) is 13.0. The molecule has 0 amide bonds. The van der Waals surface area contributed by atoms with Crippen molar-refractivity contribution in [2.75, 3.05) is 13.7 Å². The van der Waals surface area contributed by atoms with Crippen LogP contribution in [0.1, 0.15) is 31.7 Å². The second kappa shape index (κ2) is 8.22. The van der Waals surface area contributed by atoms with E-state index in [1.807, 2.05) is 30.3 Å². The third-order valence-electron chi connectivity index (χ3n) is 5.28. The number of carbonyl (C=O) groups is 2. The van der Waals surface area contributed by atoms with Gasteiger partial charge < -0.3 is 14.8 Å². The summed E-state index contributed by atoms with van der Waals surface area (Å²) < 4.78 is 10.3. The van der Waals surface area contributed by atoms with Gasteiger partial charge in [0.1, 0.15) is 5.54 Å². The third-order valence-corrected chi connectivity index (χ3v) is 5.62. The summed E-state index contributed by atoms with van der Waals surface area (Å²) in [6.45, 7) is 2.55. The van der Waals surface area contributed by atoms with Gasteiger partial charge in [-0.05, 0) is 37.5 Å². The number of esters is 2. The normalized spacial score (nSPS) is 26.4. The van der Waals surface area contributed by atoms with Crippen LogP contribution in [0, 0.1) is 5.92 Å². The van der Waals surface area contributed by atoms with Crippen LogP contribution in [-0.2, 0) is 25.6 Å². The van der Waals surface area contributed by atoms with Crippen LogP contribution in [-0.4, -0.2) is 47.4 Å². The third kappa shape index (κ3) is 3.64. The van der Waals surface area contributed by atoms with Crippen LogP contribution in [0.25, 0.3) is 0 Å². The number of thiocarbonyl (C=S) groups is 1. The van der Waals surface area contributed by atoms with Crippen molar-refractivity contribution in [1.29, 1.82) is 0 Å². The number of benzene rings is 1. The largest absolute Gasteiger partial charge is 0.468 e. The maximum Gasteiger partial charge on any atom is 0.330 e. The average Bonchev–Trinajstić information content (AvgIpc) is 3.23. The van der Waals surface area contributed by atoms with Crippen LogP contribution in [0.5, 0.6) is 0 Å². The van der Waals surface area contributed by atoms with Gasteiger partial charge in [-0.1, -0.05) is 36.8 Å². The Labute approximate surface area is 164 Å². The Morgan fingerprint density at radius 1 is 1.37 bits per heavy atom. The van der Waals surface area contributed by atoms with E-state index in [1.54, 1.807) is 11.9 Å². The second-order valence-corrected chi connectivity index (χ2v) is 7.17. The highest BCUT2D eigenvalue weighted by Crippen LogP contribution is 2.45. The van der Waals surface area contributed by atoms with E-state index in [-0.39, 0.29) is 24.5 Å². The molecule has 8 heteroatoms. The highest BCUT2D eigenvalue weighted by Gasteiger charge is 2.63. The molecule has 1 heterocycles. The van der Waals surface area contributed by atoms with E-state index in [9.17, 15) is 9.59 Å². The molecule has 0 bridgehead atoms. The van der Waals surface area contributed by atoms with E-state index in [2.05, 4.69) is 10.7 Å². The summed E-state index contributed by atoms with van der Waals surface area (Å²) in [6.07, 6.45) is 2.15. The van der Waals surface area contributed by atoms with Crippen LogP contribution in [0.15, 0.2) is 30.3 Å². The Hall–Kier alpha value is -2.19. The van der Waals surface area contributed by atoms with E-state index < -0.39 is 11.6 Å². The van der Waals surface area contributed by atoms with Crippen molar-refractivity contribution < 1.29 is 19.1 Å². The Balaban J connectivity index is 1.82. The molecule has 1 aromatic rings. The molecule has 0 radical (unpaired) electrons. The lowest BCUT2D eigenvalue weighted by molar-refractivity contribution is -0.150. The molecule has 7 nitrogen and oxygen atoms in total. The molecule has 0 aromatic heterocycles. The Kier molecular flexibility index (Phi) is 5.96. The van der Waals surface area contributed by atoms with Crippen molar-refractivity contribution in [2.24, 2.45) is 5.92 Å². The lowest BCUT2D eigenvalue weighted by Crippen LogP contribution is -2.56. The van der Waals surface area contributed by atoms with E-state index in [1.165, 1.54) is 7.11 Å². The SMILES string of the molecule is CCOC(=O)[C@@H]1[C@H]2CCC[C@@]2(C(=O)OC)NN1C(=S)NCc1ccccc1. The van der Waals surface area contributed by atoms with Gasteiger partial charge in [0, 0.05) is 12.5 Å². The molecule has 1 aromatic carbocycles. The molecule has 3 atom stereocenters. The van der Waals surface area contributed by atoms with Gasteiger partial charge in [0.2, 0.25) is 0 Å². The van der Waals surface area contributed by atoms with Gasteiger partial charge in [0.05, 0.1) is 13.7 Å². The number of nitrogens with one attached hydrogen (secondary N) is 2. The summed E-state index contributed by atoms with van der Waals surface area (Å²) in [6, 6.07) is 9.16. The van der Waals surface area contributed by atoms with E-state index in [0.29, 0.717) is 18.1 Å². The number of hydrogen-bond donors (Lipinski definition) is 2. The first-order valence-electron chi connectivity index (χ1n) is 9.17. The summed E-state index contributed by atoms with van der Waals surface area (Å²) in [5, 5.41) is 5.10. The summed E-state index contributed by atoms with van der Waals surface area (Å²) >= 11 is 5.54. The number of ether oxygens (including phenoxy) is 2. The molecule has 27 heavy (non-hydrogen) atoms. The highest BCUT2D eigenvalue weighted by molar-refractivity contribution is 7.80. The van der Waals surface area contributed by atoms with Crippen LogP contribution in [0.3, 0.4) is 0 Å². The summed E-state index contributed by atoms with van der Waals surface area (Å²) in [5.74, 6) is -1.00. The Morgan fingerprint density at radius 3 is 2.78 bits per heavy atom. The zero-order chi connectivity index (χ0) is 19.4. The summed E-state index contributed by atoms with van der Waals surface area (Å²) in [5.41, 5.74) is 3.32. The molecule has 2 N–H and O–H groups in total. The monoisotopic (exact) mass is 391 g/mol. The van der Waals surface area contributed by atoms with Crippen molar-refractivity contribution in [3.8, 4) is 0 Å². The first-order valence-corrected chi connectivity index (χ1v) is 9.58. The molecule has 1 aliphatic carbocycles. The van der Waals surface area contributed by atoms with Crippen molar-refractivity contribution in [1.82, 2.24) is 15.8 Å². The molecule has 2 aliphatic rings. The van der Waals surface area contributed by atoms with Gasteiger partial charge in [-0.2, -0.15) is 0 Å². The zero-order valence-corrected chi connectivity index (χ0v) is 16.4. The van der Waals surface area contributed by atoms with Gasteiger partial charge in [0.25, 0.3) is 0 Å². The molecular weight excluding hydrogens is 366 g/mol. The summed E-state index contributed by atoms with van der Waals surface area (Å²) in [4.78, 5) is 25.3. The van der Waals surface area contributed by atoms with Crippen molar-refractivity contribution in [2.45, 2.75) is 44.3 Å². The lowest BCUT2D eigenvalue weighted by Gasteiger charge is -2.28. The van der Waals surface area contributed by atoms with E-state index >= 15 is 0 Å². The van der Waals surface area contributed by atoms with Gasteiger partial charge in [-0.25, -0.2) is 15.0 Å². The van der Waals surface area contributed by atoms with Crippen LogP contribution < -0.4 is 10.7 Å². The molecule has 1 saturated carbocycles. The van der Waals surface area contributed by atoms with Gasteiger partial charge in [0.15, 0.2) is 11.2 Å². The zero-order valence-electron chi connectivity index (χ0n) is 15.6. The van der Waals surface area contributed by atoms with Crippen LogP contribution >= 0.6 is 12.2 Å². The number of rotatable bonds is 5. The molecule has 0 unspecified atom stereocenters. The van der Waals surface area contributed by atoms with Crippen molar-refractivity contribution >= 4 is 29.3 Å². The van der Waals surface area contributed by atoms with Crippen molar-refractivity contribution in [3.05, 3.63) is 35.9 Å². The minimum atomic E-state index is -0.940. The fraction of sp³-hybridized carbons (Fsp3) is 0.526. The standard InChI is InChI=1S/C19H25N3O4S/c1-3-26-16(23)15-14-10-7-11-19(14,17(24)25-2)21-22(15)18(27)20-12-13-8-5-4-6-9-13/h4-6,8-9,14-15,21H,3,7,10-12H2,1-2H3,(H,20,27)/t14-,15+,19-/m1/s1. The molecule has 146 valence electrons. The molecule has 3 rings (SSSR count). The summed E-state index contributed by atoms with van der Waals surface area (Å²) in [7, 11) is 1.36. The number of nitrogens with zero attached hydrogens (tertiary/aromatic N) is 1. The number of hydrogen-bond acceptors (Lipinski definition) is 6. The molecular formula is C19H25N3O4S. The minimum absolute atomic E-state index is 0.250. The van der Waals surface area contributed by atoms with Gasteiger partial charge in [-0.15, -0.1) is 0 Å². The lowest BCUT2D eigenvalue weighted by atomic mass is 9.84. The number of hydrazine groups is 1. The van der Waals surface area contributed by atoms with Gasteiger partial charge >= 0.3 is 11.9 Å². The minimum Gasteiger partial charge on any atom is -0.468 e. The maximum absolute atomic E-state index is 12.7. The predicted octanol–water partition coefficient (Wildman–Crippen LogP) is 1.52.